The number of hydrogen-bond acceptors (Lipinski definition) is 6. The van der Waals surface area contributed by atoms with Crippen LogP contribution in [0.1, 0.15) is 34.3 Å². The second kappa shape index (κ2) is 12.9. The van der Waals surface area contributed by atoms with Crippen molar-refractivity contribution in [3.63, 3.8) is 0 Å². The standard InChI is InChI=1S/C31H28F2N2O4S2/c32-25-9-7-23(18-26(25)33)22-8-10-27(39-16-15-34-12-1-2-13-34)24(17-22)19-28-29(36)35(31(40)41-28)14-11-20-3-5-21(6-4-20)30(37)38/h3-10,17-19H,1-2,11-16H2,(H,37,38). The topological polar surface area (TPSA) is 70.1 Å². The minimum absolute atomic E-state index is 0.200. The summed E-state index contributed by atoms with van der Waals surface area (Å²) in [6, 6.07) is 15.6. The maximum absolute atomic E-state index is 14.0. The van der Waals surface area contributed by atoms with Gasteiger partial charge in [-0.15, -0.1) is 0 Å². The number of hydrogen-bond donors (Lipinski definition) is 1. The van der Waals surface area contributed by atoms with Crippen molar-refractivity contribution < 1.29 is 28.2 Å². The van der Waals surface area contributed by atoms with Crippen LogP contribution >= 0.6 is 24.0 Å². The quantitative estimate of drug-likeness (QED) is 0.220. The van der Waals surface area contributed by atoms with Crippen LogP contribution in [0.5, 0.6) is 5.75 Å². The molecule has 0 spiro atoms. The fraction of sp³-hybridized carbons (Fsp3) is 0.258. The molecule has 2 heterocycles. The lowest BCUT2D eigenvalue weighted by Gasteiger charge is -2.17. The molecule has 1 amide bonds. The van der Waals surface area contributed by atoms with Crippen LogP contribution in [-0.4, -0.2) is 63.9 Å². The molecular weight excluding hydrogens is 566 g/mol. The van der Waals surface area contributed by atoms with E-state index in [0.29, 0.717) is 51.2 Å². The first-order chi connectivity index (χ1) is 19.8. The Morgan fingerprint density at radius 3 is 2.39 bits per heavy atom. The molecule has 212 valence electrons. The van der Waals surface area contributed by atoms with Crippen molar-refractivity contribution in [3.8, 4) is 16.9 Å². The van der Waals surface area contributed by atoms with E-state index in [-0.39, 0.29) is 11.5 Å². The second-order valence-corrected chi connectivity index (χ2v) is 11.5. The van der Waals surface area contributed by atoms with Gasteiger partial charge >= 0.3 is 5.97 Å². The number of thiocarbonyl (C=S) groups is 1. The molecule has 2 fully saturated rings. The van der Waals surface area contributed by atoms with Gasteiger partial charge in [-0.2, -0.15) is 0 Å². The summed E-state index contributed by atoms with van der Waals surface area (Å²) in [5.74, 6) is -2.50. The van der Waals surface area contributed by atoms with Gasteiger partial charge < -0.3 is 9.84 Å². The minimum Gasteiger partial charge on any atom is -0.492 e. The largest absolute Gasteiger partial charge is 0.492 e. The molecule has 2 aliphatic rings. The zero-order chi connectivity index (χ0) is 28.9. The molecule has 2 aliphatic heterocycles. The smallest absolute Gasteiger partial charge is 0.335 e. The fourth-order valence-corrected chi connectivity index (χ4v) is 6.13. The average molecular weight is 595 g/mol. The highest BCUT2D eigenvalue weighted by Gasteiger charge is 2.32. The number of amides is 1. The van der Waals surface area contributed by atoms with E-state index in [9.17, 15) is 18.4 Å². The van der Waals surface area contributed by atoms with Crippen molar-refractivity contribution >= 4 is 46.3 Å². The molecule has 41 heavy (non-hydrogen) atoms. The summed E-state index contributed by atoms with van der Waals surface area (Å²) in [6.45, 7) is 3.73. The molecular formula is C31H28F2N2O4S2. The van der Waals surface area contributed by atoms with Gasteiger partial charge in [-0.3, -0.25) is 14.6 Å². The first-order valence-electron chi connectivity index (χ1n) is 13.3. The summed E-state index contributed by atoms with van der Waals surface area (Å²) in [6.07, 6.45) is 4.61. The van der Waals surface area contributed by atoms with Crippen molar-refractivity contribution in [1.29, 1.82) is 0 Å². The van der Waals surface area contributed by atoms with E-state index in [0.717, 1.165) is 37.3 Å². The summed E-state index contributed by atoms with van der Waals surface area (Å²) >= 11 is 6.70. The molecule has 1 N–H and O–H groups in total. The number of likely N-dealkylation sites (tertiary alicyclic amines) is 1. The number of aromatic carboxylic acids is 1. The Balaban J connectivity index is 1.36. The second-order valence-electron chi connectivity index (χ2n) is 9.86. The van der Waals surface area contributed by atoms with Gasteiger partial charge in [0.2, 0.25) is 0 Å². The van der Waals surface area contributed by atoms with E-state index in [1.807, 2.05) is 0 Å². The zero-order valence-corrected chi connectivity index (χ0v) is 23.8. The molecule has 5 rings (SSSR count). The van der Waals surface area contributed by atoms with E-state index in [2.05, 4.69) is 4.90 Å². The summed E-state index contributed by atoms with van der Waals surface area (Å²) in [5.41, 5.74) is 2.89. The lowest BCUT2D eigenvalue weighted by atomic mass is 10.0. The molecule has 6 nitrogen and oxygen atoms in total. The lowest BCUT2D eigenvalue weighted by Crippen LogP contribution is -2.30. The number of carbonyl (C=O) groups excluding carboxylic acids is 1. The third-order valence-electron chi connectivity index (χ3n) is 7.11. The van der Waals surface area contributed by atoms with E-state index in [4.69, 9.17) is 22.1 Å². The Morgan fingerprint density at radius 1 is 0.976 bits per heavy atom. The van der Waals surface area contributed by atoms with Crippen LogP contribution in [0, 0.1) is 11.6 Å². The van der Waals surface area contributed by atoms with Crippen molar-refractivity contribution in [2.75, 3.05) is 32.8 Å². The number of carboxylic acids is 1. The minimum atomic E-state index is -0.994. The van der Waals surface area contributed by atoms with Gasteiger partial charge in [0.1, 0.15) is 16.7 Å². The Morgan fingerprint density at radius 2 is 1.68 bits per heavy atom. The lowest BCUT2D eigenvalue weighted by molar-refractivity contribution is -0.122. The molecule has 0 aliphatic carbocycles. The van der Waals surface area contributed by atoms with Crippen LogP contribution < -0.4 is 4.74 Å². The third-order valence-corrected chi connectivity index (χ3v) is 8.49. The number of carboxylic acid groups (broad SMARTS) is 1. The van der Waals surface area contributed by atoms with E-state index >= 15 is 0 Å². The summed E-state index contributed by atoms with van der Waals surface area (Å²) in [4.78, 5) is 28.8. The predicted octanol–water partition coefficient (Wildman–Crippen LogP) is 6.25. The summed E-state index contributed by atoms with van der Waals surface area (Å²) in [5, 5.41) is 9.10. The first-order valence-corrected chi connectivity index (χ1v) is 14.5. The van der Waals surface area contributed by atoms with Crippen LogP contribution in [0.3, 0.4) is 0 Å². The fourth-order valence-electron chi connectivity index (χ4n) is 4.83. The highest BCUT2D eigenvalue weighted by atomic mass is 32.2. The van der Waals surface area contributed by atoms with E-state index in [1.54, 1.807) is 36.4 Å². The summed E-state index contributed by atoms with van der Waals surface area (Å²) < 4.78 is 34.1. The number of rotatable bonds is 10. The zero-order valence-electron chi connectivity index (χ0n) is 22.1. The van der Waals surface area contributed by atoms with Gasteiger partial charge in [0.15, 0.2) is 11.6 Å². The normalized spacial score (nSPS) is 16.6. The number of carbonyl (C=O) groups is 2. The molecule has 3 aromatic carbocycles. The molecule has 10 heteroatoms. The number of ether oxygens (including phenoxy) is 1. The average Bonchev–Trinajstić information content (AvgIpc) is 3.57. The van der Waals surface area contributed by atoms with Crippen LogP contribution in [0.2, 0.25) is 0 Å². The SMILES string of the molecule is O=C(O)c1ccc(CCN2C(=O)C(=Cc3cc(-c4ccc(F)c(F)c4)ccc3OCCN3CCCC3)SC2=S)cc1. The molecule has 2 saturated heterocycles. The monoisotopic (exact) mass is 594 g/mol. The van der Waals surface area contributed by atoms with Crippen molar-refractivity contribution in [1.82, 2.24) is 9.80 Å². The van der Waals surface area contributed by atoms with Crippen LogP contribution in [0.4, 0.5) is 8.78 Å². The van der Waals surface area contributed by atoms with E-state index in [1.165, 1.54) is 47.7 Å². The van der Waals surface area contributed by atoms with Crippen molar-refractivity contribution in [2.24, 2.45) is 0 Å². The Bertz CT molecular complexity index is 1500. The van der Waals surface area contributed by atoms with Gasteiger partial charge in [-0.05, 0) is 91.5 Å². The van der Waals surface area contributed by atoms with Gasteiger partial charge in [0, 0.05) is 18.7 Å². The first kappa shape index (κ1) is 28.9. The number of nitrogens with zero attached hydrogens (tertiary/aromatic N) is 2. The number of thioether (sulfide) groups is 1. The molecule has 3 aromatic rings. The van der Waals surface area contributed by atoms with Crippen LogP contribution in [0.15, 0.2) is 65.6 Å². The highest BCUT2D eigenvalue weighted by molar-refractivity contribution is 8.26. The molecule has 0 aromatic heterocycles. The molecule has 0 atom stereocenters. The number of benzene rings is 3. The highest BCUT2D eigenvalue weighted by Crippen LogP contribution is 2.36. The predicted molar refractivity (Wildman–Crippen MR) is 160 cm³/mol. The van der Waals surface area contributed by atoms with Gasteiger partial charge in [-0.25, -0.2) is 13.6 Å². The Labute approximate surface area is 246 Å². The maximum Gasteiger partial charge on any atom is 0.335 e. The Kier molecular flexibility index (Phi) is 9.12. The Hall–Kier alpha value is -3.60. The number of halogens is 2. The van der Waals surface area contributed by atoms with Crippen LogP contribution in [-0.2, 0) is 11.2 Å². The molecule has 0 bridgehead atoms. The molecule has 0 unspecified atom stereocenters. The third kappa shape index (κ3) is 7.01. The maximum atomic E-state index is 14.0. The van der Waals surface area contributed by atoms with E-state index < -0.39 is 17.6 Å². The van der Waals surface area contributed by atoms with Gasteiger partial charge in [0.25, 0.3) is 5.91 Å². The van der Waals surface area contributed by atoms with Crippen LogP contribution in [0.25, 0.3) is 17.2 Å². The molecule has 0 saturated carbocycles. The molecule has 0 radical (unpaired) electrons. The van der Waals surface area contributed by atoms with Crippen molar-refractivity contribution in [2.45, 2.75) is 19.3 Å². The van der Waals surface area contributed by atoms with Gasteiger partial charge in [-0.1, -0.05) is 48.2 Å². The summed E-state index contributed by atoms with van der Waals surface area (Å²) in [7, 11) is 0. The van der Waals surface area contributed by atoms with Crippen molar-refractivity contribution in [3.05, 3.63) is 93.9 Å². The van der Waals surface area contributed by atoms with Gasteiger partial charge in [0.05, 0.1) is 10.5 Å².